The number of rotatable bonds is 5. The molecule has 0 aromatic heterocycles. The number of fused-ring (bicyclic) bond motifs is 2. The number of aliphatic imine (C=N–C) groups is 1. The van der Waals surface area contributed by atoms with Crippen LogP contribution in [-0.2, 0) is 9.63 Å². The molecule has 24 heavy (non-hydrogen) atoms. The summed E-state index contributed by atoms with van der Waals surface area (Å²) in [5, 5.41) is 4.81. The van der Waals surface area contributed by atoms with E-state index in [1.165, 1.54) is 0 Å². The summed E-state index contributed by atoms with van der Waals surface area (Å²) in [4.78, 5) is 26.5. The monoisotopic (exact) mass is 331 g/mol. The predicted octanol–water partition coefficient (Wildman–Crippen LogP) is 1.74. The molecule has 0 aromatic carbocycles. The average Bonchev–Trinajstić information content (AvgIpc) is 3.01. The first kappa shape index (κ1) is 16.6. The summed E-state index contributed by atoms with van der Waals surface area (Å²) >= 11 is 0. The molecule has 1 N–H and O–H groups in total. The van der Waals surface area contributed by atoms with Gasteiger partial charge < -0.3 is 15.1 Å². The number of nitrogens with zero attached hydrogens (tertiary/aromatic N) is 4. The number of nitrogens with one attached hydrogen (secondary N) is 1. The summed E-state index contributed by atoms with van der Waals surface area (Å²) in [7, 11) is 1.66. The van der Waals surface area contributed by atoms with Gasteiger partial charge in [-0.25, -0.2) is 10.1 Å². The van der Waals surface area contributed by atoms with Crippen molar-refractivity contribution in [2.24, 2.45) is 4.99 Å². The zero-order chi connectivity index (χ0) is 17.3. The molecule has 3 aliphatic heterocycles. The van der Waals surface area contributed by atoms with Gasteiger partial charge in [-0.15, -0.1) is 0 Å². The topological polar surface area (TPSA) is 60.4 Å². The van der Waals surface area contributed by atoms with Crippen LogP contribution in [-0.4, -0.2) is 53.9 Å². The highest BCUT2D eigenvalue weighted by molar-refractivity contribution is 5.84. The summed E-state index contributed by atoms with van der Waals surface area (Å²) in [5.41, 5.74) is 3.81. The van der Waals surface area contributed by atoms with Crippen molar-refractivity contribution in [3.63, 3.8) is 0 Å². The molecule has 0 saturated heterocycles. The molecule has 0 bridgehead atoms. The second-order valence-corrected chi connectivity index (χ2v) is 6.13. The van der Waals surface area contributed by atoms with Gasteiger partial charge in [-0.2, -0.15) is 0 Å². The summed E-state index contributed by atoms with van der Waals surface area (Å²) in [6, 6.07) is 0. The van der Waals surface area contributed by atoms with Crippen LogP contribution in [0.4, 0.5) is 0 Å². The normalized spacial score (nSPS) is 19.7. The van der Waals surface area contributed by atoms with Gasteiger partial charge in [-0.3, -0.25) is 9.63 Å². The lowest BCUT2D eigenvalue weighted by molar-refractivity contribution is -0.120. The van der Waals surface area contributed by atoms with Crippen LogP contribution in [0.3, 0.4) is 0 Å². The van der Waals surface area contributed by atoms with E-state index in [9.17, 15) is 4.79 Å². The molecular weight excluding hydrogens is 306 g/mol. The second kappa shape index (κ2) is 6.68. The molecule has 0 aromatic rings. The predicted molar refractivity (Wildman–Crippen MR) is 92.2 cm³/mol. The van der Waals surface area contributed by atoms with Crippen LogP contribution in [0, 0.1) is 0 Å². The molecule has 0 aliphatic carbocycles. The third kappa shape index (κ3) is 2.80. The molecule has 0 spiro atoms. The Morgan fingerprint density at radius 3 is 2.88 bits per heavy atom. The molecule has 3 rings (SSSR count). The van der Waals surface area contributed by atoms with Gasteiger partial charge in [-0.1, -0.05) is 13.8 Å². The Hall–Kier alpha value is -2.28. The molecule has 1 amide bonds. The Kier molecular flexibility index (Phi) is 4.62. The SMILES string of the molecule is CCCN1CC(C)=C(NC(=O)CC)C2=C1N1CN(OC)C=C1C=N2. The molecule has 0 unspecified atom stereocenters. The fraction of sp³-hybridized carbons (Fsp3) is 0.529. The highest BCUT2D eigenvalue weighted by Crippen LogP contribution is 2.36. The first-order valence-electron chi connectivity index (χ1n) is 8.42. The summed E-state index contributed by atoms with van der Waals surface area (Å²) < 4.78 is 0. The minimum absolute atomic E-state index is 0.0108. The Balaban J connectivity index is 2.01. The standard InChI is InChI=1S/C17H25N5O2/c1-5-7-20-9-12(3)15(19-14(23)6-2)16-17(20)22-11-21(24-4)10-13(22)8-18-16/h8,10H,5-7,9,11H2,1-4H3,(H,19,23). The highest BCUT2D eigenvalue weighted by atomic mass is 16.7. The van der Waals surface area contributed by atoms with Crippen LogP contribution >= 0.6 is 0 Å². The van der Waals surface area contributed by atoms with E-state index in [4.69, 9.17) is 4.84 Å². The van der Waals surface area contributed by atoms with Gasteiger partial charge in [-0.05, 0) is 18.9 Å². The fourth-order valence-corrected chi connectivity index (χ4v) is 3.19. The van der Waals surface area contributed by atoms with Crippen LogP contribution in [0.15, 0.2) is 39.7 Å². The van der Waals surface area contributed by atoms with Crippen molar-refractivity contribution in [2.45, 2.75) is 33.6 Å². The van der Waals surface area contributed by atoms with E-state index in [1.54, 1.807) is 12.2 Å². The zero-order valence-corrected chi connectivity index (χ0v) is 14.8. The Morgan fingerprint density at radius 1 is 1.42 bits per heavy atom. The van der Waals surface area contributed by atoms with Crippen molar-refractivity contribution >= 4 is 12.1 Å². The largest absolute Gasteiger partial charge is 0.352 e. The van der Waals surface area contributed by atoms with E-state index in [-0.39, 0.29) is 5.91 Å². The number of carbonyl (C=O) groups excluding carboxylic acids is 1. The van der Waals surface area contributed by atoms with Crippen molar-refractivity contribution in [3.8, 4) is 0 Å². The molecule has 3 heterocycles. The minimum atomic E-state index is 0.0108. The van der Waals surface area contributed by atoms with Gasteiger partial charge in [0.15, 0.2) is 0 Å². The van der Waals surface area contributed by atoms with Gasteiger partial charge >= 0.3 is 0 Å². The van der Waals surface area contributed by atoms with Crippen molar-refractivity contribution in [1.29, 1.82) is 0 Å². The van der Waals surface area contributed by atoms with Crippen LogP contribution in [0.5, 0.6) is 0 Å². The van der Waals surface area contributed by atoms with Crippen LogP contribution in [0.1, 0.15) is 33.6 Å². The smallest absolute Gasteiger partial charge is 0.224 e. The molecule has 0 atom stereocenters. The number of hydrogen-bond donors (Lipinski definition) is 1. The molecule has 7 nitrogen and oxygen atoms in total. The third-order valence-corrected chi connectivity index (χ3v) is 4.37. The van der Waals surface area contributed by atoms with E-state index in [1.807, 2.05) is 19.3 Å². The molecule has 0 saturated carbocycles. The maximum absolute atomic E-state index is 11.9. The molecule has 130 valence electrons. The lowest BCUT2D eigenvalue weighted by atomic mass is 10.1. The maximum atomic E-state index is 11.9. The second-order valence-electron chi connectivity index (χ2n) is 6.13. The number of amides is 1. The summed E-state index contributed by atoms with van der Waals surface area (Å²) in [5.74, 6) is 1.05. The summed E-state index contributed by atoms with van der Waals surface area (Å²) in [6.45, 7) is 8.43. The Bertz CT molecular complexity index is 662. The summed E-state index contributed by atoms with van der Waals surface area (Å²) in [6.07, 6.45) is 5.27. The van der Waals surface area contributed by atoms with Gasteiger partial charge in [0.05, 0.1) is 30.9 Å². The van der Waals surface area contributed by atoms with E-state index in [0.717, 1.165) is 48.0 Å². The van der Waals surface area contributed by atoms with Crippen LogP contribution in [0.25, 0.3) is 0 Å². The third-order valence-electron chi connectivity index (χ3n) is 4.37. The van der Waals surface area contributed by atoms with E-state index < -0.39 is 0 Å². The first-order valence-corrected chi connectivity index (χ1v) is 8.42. The molecule has 3 aliphatic rings. The molecule has 0 radical (unpaired) electrons. The lowest BCUT2D eigenvalue weighted by Gasteiger charge is -2.40. The van der Waals surface area contributed by atoms with Crippen LogP contribution in [0.2, 0.25) is 0 Å². The zero-order valence-electron chi connectivity index (χ0n) is 14.8. The van der Waals surface area contributed by atoms with Gasteiger partial charge in [0.1, 0.15) is 18.2 Å². The minimum Gasteiger partial charge on any atom is -0.352 e. The van der Waals surface area contributed by atoms with E-state index in [0.29, 0.717) is 13.1 Å². The average molecular weight is 331 g/mol. The first-order chi connectivity index (χ1) is 11.6. The number of hydrogen-bond acceptors (Lipinski definition) is 6. The highest BCUT2D eigenvalue weighted by Gasteiger charge is 2.36. The number of carbonyl (C=O) groups is 1. The van der Waals surface area contributed by atoms with Crippen molar-refractivity contribution in [2.75, 3.05) is 26.9 Å². The van der Waals surface area contributed by atoms with Crippen molar-refractivity contribution < 1.29 is 9.63 Å². The maximum Gasteiger partial charge on any atom is 0.224 e. The van der Waals surface area contributed by atoms with E-state index >= 15 is 0 Å². The lowest BCUT2D eigenvalue weighted by Crippen LogP contribution is -2.44. The number of hydroxylamine groups is 2. The van der Waals surface area contributed by atoms with Gasteiger partial charge in [0.2, 0.25) is 5.91 Å². The molecule has 0 fully saturated rings. The van der Waals surface area contributed by atoms with Crippen molar-refractivity contribution in [1.82, 2.24) is 20.2 Å². The molecule has 7 heteroatoms. The van der Waals surface area contributed by atoms with E-state index in [2.05, 4.69) is 34.0 Å². The Morgan fingerprint density at radius 2 is 2.21 bits per heavy atom. The quantitative estimate of drug-likeness (QED) is 0.831. The van der Waals surface area contributed by atoms with Crippen LogP contribution < -0.4 is 5.32 Å². The van der Waals surface area contributed by atoms with Gasteiger partial charge in [0, 0.05) is 19.5 Å². The fourth-order valence-electron chi connectivity index (χ4n) is 3.19. The van der Waals surface area contributed by atoms with Gasteiger partial charge in [0.25, 0.3) is 0 Å². The van der Waals surface area contributed by atoms with Crippen molar-refractivity contribution in [3.05, 3.63) is 34.7 Å². The number of allylic oxidation sites excluding steroid dienone is 1. The molecular formula is C17H25N5O2. The Labute approximate surface area is 142 Å².